The Balaban J connectivity index is 1.80. The summed E-state index contributed by atoms with van der Waals surface area (Å²) in [5.41, 5.74) is 1.23. The van der Waals surface area contributed by atoms with E-state index in [9.17, 15) is 10.1 Å². The molecule has 6 nitrogen and oxygen atoms in total. The Bertz CT molecular complexity index is 716. The first-order valence-corrected chi connectivity index (χ1v) is 6.94. The van der Waals surface area contributed by atoms with Crippen molar-refractivity contribution in [1.82, 2.24) is 9.38 Å². The third kappa shape index (κ3) is 2.42. The van der Waals surface area contributed by atoms with Gasteiger partial charge in [-0.05, 0) is 31.4 Å². The molecule has 0 bridgehead atoms. The number of anilines is 1. The average Bonchev–Trinajstić information content (AvgIpc) is 3.10. The van der Waals surface area contributed by atoms with Crippen molar-refractivity contribution in [2.45, 2.75) is 25.3 Å². The van der Waals surface area contributed by atoms with E-state index >= 15 is 0 Å². The number of rotatable bonds is 3. The lowest BCUT2D eigenvalue weighted by atomic mass is 10.1. The minimum atomic E-state index is -0.158. The molecule has 0 spiro atoms. The second kappa shape index (κ2) is 5.44. The Morgan fingerprint density at radius 3 is 3.14 bits per heavy atom. The van der Waals surface area contributed by atoms with Crippen LogP contribution in [0.1, 0.15) is 25.0 Å². The number of hydrogen-bond donors (Lipinski definition) is 1. The van der Waals surface area contributed by atoms with Gasteiger partial charge in [0.15, 0.2) is 11.5 Å². The maximum Gasteiger partial charge on any atom is 0.308 e. The third-order valence-electron chi connectivity index (χ3n) is 3.94. The minimum Gasteiger partial charge on any atom is -0.469 e. The molecule has 0 aromatic carbocycles. The molecular formula is C15H16N4O2. The summed E-state index contributed by atoms with van der Waals surface area (Å²) in [6.07, 6.45) is 4.21. The Labute approximate surface area is 122 Å². The van der Waals surface area contributed by atoms with Crippen LogP contribution in [0.3, 0.4) is 0 Å². The number of aromatic nitrogens is 2. The summed E-state index contributed by atoms with van der Waals surface area (Å²) in [5, 5.41) is 12.6. The molecule has 0 saturated heterocycles. The summed E-state index contributed by atoms with van der Waals surface area (Å²) >= 11 is 0. The quantitative estimate of drug-likeness (QED) is 0.871. The van der Waals surface area contributed by atoms with Crippen molar-refractivity contribution in [1.29, 1.82) is 5.26 Å². The van der Waals surface area contributed by atoms with Crippen molar-refractivity contribution in [2.75, 3.05) is 12.4 Å². The van der Waals surface area contributed by atoms with Crippen molar-refractivity contribution in [3.05, 3.63) is 30.1 Å². The van der Waals surface area contributed by atoms with Crippen molar-refractivity contribution >= 4 is 17.4 Å². The van der Waals surface area contributed by atoms with Crippen LogP contribution in [0.5, 0.6) is 0 Å². The summed E-state index contributed by atoms with van der Waals surface area (Å²) in [6.45, 7) is 0. The van der Waals surface area contributed by atoms with Gasteiger partial charge in [-0.15, -0.1) is 0 Å². The highest BCUT2D eigenvalue weighted by Gasteiger charge is 2.31. The van der Waals surface area contributed by atoms with Gasteiger partial charge in [0.05, 0.1) is 13.0 Å². The van der Waals surface area contributed by atoms with E-state index in [1.165, 1.54) is 7.11 Å². The largest absolute Gasteiger partial charge is 0.469 e. The molecule has 1 N–H and O–H groups in total. The molecule has 0 radical (unpaired) electrons. The summed E-state index contributed by atoms with van der Waals surface area (Å²) in [7, 11) is 1.42. The number of pyridine rings is 1. The van der Waals surface area contributed by atoms with Crippen LogP contribution in [0.25, 0.3) is 5.65 Å². The molecule has 0 unspecified atom stereocenters. The number of carbonyl (C=O) groups excluding carboxylic acids is 1. The highest BCUT2D eigenvalue weighted by molar-refractivity contribution is 5.73. The summed E-state index contributed by atoms with van der Waals surface area (Å²) in [5.74, 6) is 0.365. The molecule has 1 aliphatic carbocycles. The van der Waals surface area contributed by atoms with E-state index in [0.29, 0.717) is 17.9 Å². The molecule has 1 saturated carbocycles. The highest BCUT2D eigenvalue weighted by atomic mass is 16.5. The second-order valence-electron chi connectivity index (χ2n) is 5.22. The van der Waals surface area contributed by atoms with E-state index in [1.54, 1.807) is 4.40 Å². The van der Waals surface area contributed by atoms with Crippen molar-refractivity contribution in [3.63, 3.8) is 0 Å². The second-order valence-corrected chi connectivity index (χ2v) is 5.22. The van der Waals surface area contributed by atoms with Gasteiger partial charge in [-0.3, -0.25) is 9.20 Å². The van der Waals surface area contributed by atoms with Crippen LogP contribution < -0.4 is 5.32 Å². The number of nitrogens with one attached hydrogen (secondary N) is 1. The van der Waals surface area contributed by atoms with Crippen LogP contribution in [-0.2, 0) is 9.53 Å². The standard InChI is InChI=1S/C15H16N4O2/c1-21-15(20)10-5-6-11(8-10)17-14-12(9-16)19-7-3-2-4-13(19)18-14/h2-4,7,10-11,17H,5-6,8H2,1H3/t10-,11+/m0/s1. The maximum absolute atomic E-state index is 11.6. The van der Waals surface area contributed by atoms with Crippen LogP contribution in [0.15, 0.2) is 24.4 Å². The summed E-state index contributed by atoms with van der Waals surface area (Å²) in [6, 6.07) is 7.94. The zero-order chi connectivity index (χ0) is 14.8. The van der Waals surface area contributed by atoms with E-state index in [0.717, 1.165) is 18.5 Å². The van der Waals surface area contributed by atoms with Gasteiger partial charge in [0.25, 0.3) is 0 Å². The topological polar surface area (TPSA) is 79.4 Å². The van der Waals surface area contributed by atoms with Gasteiger partial charge in [-0.25, -0.2) is 4.98 Å². The molecule has 1 aliphatic rings. The van der Waals surface area contributed by atoms with Crippen molar-refractivity contribution < 1.29 is 9.53 Å². The third-order valence-corrected chi connectivity index (χ3v) is 3.94. The lowest BCUT2D eigenvalue weighted by Crippen LogP contribution is -2.19. The normalized spacial score (nSPS) is 21.1. The molecule has 1 fully saturated rings. The Morgan fingerprint density at radius 1 is 1.52 bits per heavy atom. The van der Waals surface area contributed by atoms with E-state index in [2.05, 4.69) is 16.4 Å². The molecule has 2 heterocycles. The average molecular weight is 284 g/mol. The van der Waals surface area contributed by atoms with E-state index in [1.807, 2.05) is 24.4 Å². The number of nitriles is 1. The number of nitrogens with zero attached hydrogens (tertiary/aromatic N) is 3. The Morgan fingerprint density at radius 2 is 2.38 bits per heavy atom. The van der Waals surface area contributed by atoms with E-state index in [4.69, 9.17) is 4.74 Å². The number of ether oxygens (including phenoxy) is 1. The van der Waals surface area contributed by atoms with Crippen LogP contribution >= 0.6 is 0 Å². The number of fused-ring (bicyclic) bond motifs is 1. The number of hydrogen-bond acceptors (Lipinski definition) is 5. The first-order valence-electron chi connectivity index (χ1n) is 6.94. The number of imidazole rings is 1. The van der Waals surface area contributed by atoms with Gasteiger partial charge < -0.3 is 10.1 Å². The van der Waals surface area contributed by atoms with E-state index in [-0.39, 0.29) is 17.9 Å². The predicted molar refractivity (Wildman–Crippen MR) is 76.7 cm³/mol. The van der Waals surface area contributed by atoms with Gasteiger partial charge in [0, 0.05) is 12.2 Å². The molecule has 2 aromatic rings. The fourth-order valence-electron chi connectivity index (χ4n) is 2.89. The molecule has 2 atom stereocenters. The molecule has 108 valence electrons. The zero-order valence-electron chi connectivity index (χ0n) is 11.7. The Hall–Kier alpha value is -2.55. The van der Waals surface area contributed by atoms with Crippen LogP contribution in [0, 0.1) is 17.2 Å². The molecule has 0 amide bonds. The molecule has 3 rings (SSSR count). The summed E-state index contributed by atoms with van der Waals surface area (Å²) < 4.78 is 6.55. The minimum absolute atomic E-state index is 0.0601. The number of carbonyl (C=O) groups is 1. The van der Waals surface area contributed by atoms with Crippen molar-refractivity contribution in [3.8, 4) is 6.07 Å². The van der Waals surface area contributed by atoms with Gasteiger partial charge in [-0.2, -0.15) is 5.26 Å². The van der Waals surface area contributed by atoms with Crippen LogP contribution in [0.4, 0.5) is 5.82 Å². The van der Waals surface area contributed by atoms with Gasteiger partial charge in [0.2, 0.25) is 0 Å². The maximum atomic E-state index is 11.6. The SMILES string of the molecule is COC(=O)[C@H]1CC[C@@H](Nc2nc3ccccn3c2C#N)C1. The van der Waals surface area contributed by atoms with Gasteiger partial charge >= 0.3 is 5.97 Å². The first kappa shape index (κ1) is 13.4. The van der Waals surface area contributed by atoms with Crippen LogP contribution in [0.2, 0.25) is 0 Å². The van der Waals surface area contributed by atoms with Gasteiger partial charge in [-0.1, -0.05) is 6.07 Å². The zero-order valence-corrected chi connectivity index (χ0v) is 11.7. The number of methoxy groups -OCH3 is 1. The monoisotopic (exact) mass is 284 g/mol. The molecule has 0 aliphatic heterocycles. The van der Waals surface area contributed by atoms with Crippen LogP contribution in [-0.4, -0.2) is 28.5 Å². The van der Waals surface area contributed by atoms with Gasteiger partial charge in [0.1, 0.15) is 11.7 Å². The highest BCUT2D eigenvalue weighted by Crippen LogP contribution is 2.29. The lowest BCUT2D eigenvalue weighted by molar-refractivity contribution is -0.145. The lowest BCUT2D eigenvalue weighted by Gasteiger charge is -2.12. The molecule has 6 heteroatoms. The molecule has 2 aromatic heterocycles. The molecular weight excluding hydrogens is 268 g/mol. The fourth-order valence-corrected chi connectivity index (χ4v) is 2.89. The van der Waals surface area contributed by atoms with E-state index < -0.39 is 0 Å². The fraction of sp³-hybridized carbons (Fsp3) is 0.400. The predicted octanol–water partition coefficient (Wildman–Crippen LogP) is 1.96. The Kier molecular flexibility index (Phi) is 3.48. The summed E-state index contributed by atoms with van der Waals surface area (Å²) in [4.78, 5) is 16.0. The number of esters is 1. The molecule has 21 heavy (non-hydrogen) atoms. The first-order chi connectivity index (χ1) is 10.2. The smallest absolute Gasteiger partial charge is 0.308 e. The van der Waals surface area contributed by atoms with Crippen molar-refractivity contribution in [2.24, 2.45) is 5.92 Å².